The molecule has 1 aliphatic heterocycles. The molecule has 0 radical (unpaired) electrons. The van der Waals surface area contributed by atoms with E-state index in [0.29, 0.717) is 13.2 Å². The Morgan fingerprint density at radius 1 is 1.00 bits per heavy atom. The van der Waals surface area contributed by atoms with Crippen molar-refractivity contribution in [2.24, 2.45) is 11.8 Å². The molecule has 1 fully saturated rings. The summed E-state index contributed by atoms with van der Waals surface area (Å²) in [6.45, 7) is 6.78. The topological polar surface area (TPSA) is 46.6 Å². The van der Waals surface area contributed by atoms with Crippen LogP contribution in [0.2, 0.25) is 0 Å². The first-order valence-electron chi connectivity index (χ1n) is 8.18. The van der Waals surface area contributed by atoms with Crippen LogP contribution in [0.25, 0.3) is 0 Å². The Morgan fingerprint density at radius 3 is 2.13 bits per heavy atom. The fourth-order valence-electron chi connectivity index (χ4n) is 3.51. The molecule has 4 nitrogen and oxygen atoms in total. The maximum atomic E-state index is 12.5. The predicted molar refractivity (Wildman–Crippen MR) is 88.0 cm³/mol. The number of carbonyl (C=O) groups is 2. The van der Waals surface area contributed by atoms with E-state index in [1.807, 2.05) is 31.2 Å². The zero-order valence-corrected chi connectivity index (χ0v) is 14.0. The molecule has 2 aliphatic rings. The molecule has 1 aliphatic carbocycles. The van der Waals surface area contributed by atoms with Gasteiger partial charge in [0.15, 0.2) is 0 Å². The quantitative estimate of drug-likeness (QED) is 0.634. The van der Waals surface area contributed by atoms with Crippen molar-refractivity contribution in [3.8, 4) is 5.75 Å². The summed E-state index contributed by atoms with van der Waals surface area (Å²) < 4.78 is 5.73. The molecular weight excluding hydrogens is 290 g/mol. The summed E-state index contributed by atoms with van der Waals surface area (Å²) in [5.74, 6) is 0.423. The number of hydrogen-bond donors (Lipinski definition) is 0. The summed E-state index contributed by atoms with van der Waals surface area (Å²) in [5.41, 5.74) is 3.56. The highest BCUT2D eigenvalue weighted by Gasteiger charge is 2.48. The molecule has 0 saturated carbocycles. The number of carbonyl (C=O) groups excluding carboxylic acids is 2. The first kappa shape index (κ1) is 15.8. The largest absolute Gasteiger partial charge is 0.491 e. The van der Waals surface area contributed by atoms with E-state index in [9.17, 15) is 9.59 Å². The normalized spacial score (nSPS) is 24.2. The Bertz CT molecular complexity index is 645. The van der Waals surface area contributed by atoms with Gasteiger partial charge in [0.1, 0.15) is 12.4 Å². The van der Waals surface area contributed by atoms with Crippen molar-refractivity contribution in [2.45, 2.75) is 33.6 Å². The second-order valence-electron chi connectivity index (χ2n) is 6.62. The minimum atomic E-state index is -0.162. The van der Waals surface area contributed by atoms with Crippen LogP contribution in [0.15, 0.2) is 35.4 Å². The molecule has 0 aromatic heterocycles. The smallest absolute Gasteiger partial charge is 0.233 e. The van der Waals surface area contributed by atoms with E-state index in [0.717, 1.165) is 24.2 Å². The van der Waals surface area contributed by atoms with E-state index in [-0.39, 0.29) is 23.7 Å². The van der Waals surface area contributed by atoms with Gasteiger partial charge in [-0.3, -0.25) is 14.5 Å². The second-order valence-corrected chi connectivity index (χ2v) is 6.62. The number of nitrogens with zero attached hydrogens (tertiary/aromatic N) is 1. The maximum Gasteiger partial charge on any atom is 0.233 e. The number of ether oxygens (including phenoxy) is 1. The number of hydrogen-bond acceptors (Lipinski definition) is 3. The van der Waals surface area contributed by atoms with Crippen molar-refractivity contribution < 1.29 is 14.3 Å². The van der Waals surface area contributed by atoms with E-state index in [2.05, 4.69) is 13.8 Å². The Balaban J connectivity index is 1.63. The van der Waals surface area contributed by atoms with E-state index in [1.54, 1.807) is 0 Å². The van der Waals surface area contributed by atoms with Gasteiger partial charge < -0.3 is 4.74 Å². The number of allylic oxidation sites excluding steroid dienone is 2. The minimum absolute atomic E-state index is 0.0276. The summed E-state index contributed by atoms with van der Waals surface area (Å²) in [4.78, 5) is 26.5. The number of para-hydroxylation sites is 1. The molecule has 1 aromatic rings. The van der Waals surface area contributed by atoms with Crippen LogP contribution >= 0.6 is 0 Å². The summed E-state index contributed by atoms with van der Waals surface area (Å²) in [6.07, 6.45) is 1.44. The highest BCUT2D eigenvalue weighted by Crippen LogP contribution is 2.40. The lowest BCUT2D eigenvalue weighted by Crippen LogP contribution is -2.34. The molecule has 2 atom stereocenters. The van der Waals surface area contributed by atoms with Crippen molar-refractivity contribution in [1.82, 2.24) is 4.90 Å². The van der Waals surface area contributed by atoms with Gasteiger partial charge in [-0.15, -0.1) is 0 Å². The van der Waals surface area contributed by atoms with Crippen molar-refractivity contribution in [1.29, 1.82) is 0 Å². The number of likely N-dealkylation sites (tertiary alicyclic amines) is 1. The molecule has 1 heterocycles. The molecule has 0 spiro atoms. The van der Waals surface area contributed by atoms with Crippen LogP contribution in [0.4, 0.5) is 0 Å². The number of benzene rings is 1. The van der Waals surface area contributed by atoms with Gasteiger partial charge in [-0.2, -0.15) is 0 Å². The van der Waals surface area contributed by atoms with Crippen LogP contribution in [0.5, 0.6) is 5.75 Å². The third-order valence-electron chi connectivity index (χ3n) is 5.10. The monoisotopic (exact) mass is 313 g/mol. The lowest BCUT2D eigenvalue weighted by atomic mass is 9.78. The van der Waals surface area contributed by atoms with Crippen molar-refractivity contribution in [3.63, 3.8) is 0 Å². The van der Waals surface area contributed by atoms with Crippen molar-refractivity contribution >= 4 is 11.8 Å². The summed E-state index contributed by atoms with van der Waals surface area (Å²) in [6, 6.07) is 7.75. The standard InChI is InChI=1S/C19H23NO3/c1-12-6-4-5-7-17(12)23-9-8-20-18(21)15-10-13(2)14(3)11-16(15)19(20)22/h4-7,15-16H,8-11H2,1-3H3/t15-,16-/m0/s1. The zero-order valence-electron chi connectivity index (χ0n) is 14.0. The molecule has 0 bridgehead atoms. The fraction of sp³-hybridized carbons (Fsp3) is 0.474. The zero-order chi connectivity index (χ0) is 16.6. The molecule has 0 N–H and O–H groups in total. The van der Waals surface area contributed by atoms with Crippen molar-refractivity contribution in [3.05, 3.63) is 41.0 Å². The van der Waals surface area contributed by atoms with Gasteiger partial charge in [-0.05, 0) is 45.2 Å². The first-order valence-corrected chi connectivity index (χ1v) is 8.18. The van der Waals surface area contributed by atoms with Gasteiger partial charge in [0.2, 0.25) is 11.8 Å². The summed E-state index contributed by atoms with van der Waals surface area (Å²) in [7, 11) is 0. The lowest BCUT2D eigenvalue weighted by Gasteiger charge is -2.23. The van der Waals surface area contributed by atoms with Crippen molar-refractivity contribution in [2.75, 3.05) is 13.2 Å². The molecule has 1 aromatic carbocycles. The predicted octanol–water partition coefficient (Wildman–Crippen LogP) is 3.11. The van der Waals surface area contributed by atoms with E-state index >= 15 is 0 Å². The van der Waals surface area contributed by atoms with Crippen LogP contribution in [0.1, 0.15) is 32.3 Å². The maximum absolute atomic E-state index is 12.5. The van der Waals surface area contributed by atoms with Gasteiger partial charge >= 0.3 is 0 Å². The molecule has 1 saturated heterocycles. The Kier molecular flexibility index (Phi) is 4.24. The van der Waals surface area contributed by atoms with E-state index < -0.39 is 0 Å². The number of amides is 2. The van der Waals surface area contributed by atoms with Gasteiger partial charge in [0, 0.05) is 0 Å². The SMILES string of the molecule is CC1=C(C)C[C@@H]2C(=O)N(CCOc3ccccc3C)C(=O)[C@H]2C1. The molecule has 4 heteroatoms. The van der Waals surface area contributed by atoms with Crippen LogP contribution in [-0.2, 0) is 9.59 Å². The van der Waals surface area contributed by atoms with Gasteiger partial charge in [-0.25, -0.2) is 0 Å². The number of imide groups is 1. The highest BCUT2D eigenvalue weighted by molar-refractivity contribution is 6.05. The van der Waals surface area contributed by atoms with Gasteiger partial charge in [0.25, 0.3) is 0 Å². The molecule has 23 heavy (non-hydrogen) atoms. The Labute approximate surface area is 137 Å². The average Bonchev–Trinajstić information content (AvgIpc) is 2.74. The number of rotatable bonds is 4. The number of fused-ring (bicyclic) bond motifs is 1. The molecule has 0 unspecified atom stereocenters. The fourth-order valence-corrected chi connectivity index (χ4v) is 3.51. The van der Waals surface area contributed by atoms with Crippen LogP contribution < -0.4 is 4.74 Å². The molecule has 2 amide bonds. The van der Waals surface area contributed by atoms with Crippen LogP contribution in [0, 0.1) is 18.8 Å². The molecule has 122 valence electrons. The van der Waals surface area contributed by atoms with Gasteiger partial charge in [0.05, 0.1) is 18.4 Å². The Morgan fingerprint density at radius 2 is 1.57 bits per heavy atom. The summed E-state index contributed by atoms with van der Waals surface area (Å²) >= 11 is 0. The van der Waals surface area contributed by atoms with E-state index in [1.165, 1.54) is 16.0 Å². The molecule has 3 rings (SSSR count). The number of aryl methyl sites for hydroxylation is 1. The Hall–Kier alpha value is -2.10. The van der Waals surface area contributed by atoms with Crippen LogP contribution in [0.3, 0.4) is 0 Å². The van der Waals surface area contributed by atoms with E-state index in [4.69, 9.17) is 4.74 Å². The molecular formula is C19H23NO3. The second kappa shape index (κ2) is 6.19. The average molecular weight is 313 g/mol. The minimum Gasteiger partial charge on any atom is -0.491 e. The first-order chi connectivity index (χ1) is 11.0. The highest BCUT2D eigenvalue weighted by atomic mass is 16.5. The third-order valence-corrected chi connectivity index (χ3v) is 5.10. The summed E-state index contributed by atoms with van der Waals surface area (Å²) in [5, 5.41) is 0. The van der Waals surface area contributed by atoms with Gasteiger partial charge in [-0.1, -0.05) is 29.3 Å². The third kappa shape index (κ3) is 2.90. The lowest BCUT2D eigenvalue weighted by molar-refractivity contribution is -0.140. The van der Waals surface area contributed by atoms with Crippen LogP contribution in [-0.4, -0.2) is 29.9 Å².